The van der Waals surface area contributed by atoms with Crippen LogP contribution in [-0.2, 0) is 17.8 Å². The summed E-state index contributed by atoms with van der Waals surface area (Å²) in [7, 11) is 0. The first kappa shape index (κ1) is 14.1. The van der Waals surface area contributed by atoms with E-state index in [1.54, 1.807) is 12.1 Å². The van der Waals surface area contributed by atoms with Gasteiger partial charge in [0.15, 0.2) is 0 Å². The van der Waals surface area contributed by atoms with Crippen molar-refractivity contribution in [2.45, 2.75) is 39.7 Å². The number of amides is 1. The topological polar surface area (TPSA) is 36.1 Å². The third kappa shape index (κ3) is 2.43. The van der Waals surface area contributed by atoms with E-state index >= 15 is 0 Å². The number of aromatic nitrogens is 1. The Bertz CT molecular complexity index is 673. The van der Waals surface area contributed by atoms with Gasteiger partial charge in [0.25, 0.3) is 0 Å². The molecule has 0 saturated carbocycles. The van der Waals surface area contributed by atoms with Crippen LogP contribution in [-0.4, -0.2) is 22.3 Å². The van der Waals surface area contributed by atoms with Crippen LogP contribution in [0.5, 0.6) is 0 Å². The fraction of sp³-hybridized carbons (Fsp3) is 0.471. The third-order valence-electron chi connectivity index (χ3n) is 4.58. The van der Waals surface area contributed by atoms with Crippen molar-refractivity contribution in [3.63, 3.8) is 0 Å². The van der Waals surface area contributed by atoms with Crippen molar-refractivity contribution in [2.24, 2.45) is 5.92 Å². The van der Waals surface area contributed by atoms with E-state index in [0.29, 0.717) is 6.54 Å². The van der Waals surface area contributed by atoms with E-state index in [1.165, 1.54) is 6.07 Å². The molecule has 0 unspecified atom stereocenters. The molecule has 3 rings (SSSR count). The van der Waals surface area contributed by atoms with Crippen molar-refractivity contribution >= 4 is 16.8 Å². The van der Waals surface area contributed by atoms with Crippen LogP contribution in [0.3, 0.4) is 0 Å². The Hall–Kier alpha value is -1.84. The first-order valence-electron chi connectivity index (χ1n) is 7.71. The van der Waals surface area contributed by atoms with Gasteiger partial charge >= 0.3 is 0 Å². The maximum atomic E-state index is 13.5. The number of H-pyrrole nitrogens is 1. The zero-order chi connectivity index (χ0) is 15.0. The summed E-state index contributed by atoms with van der Waals surface area (Å²) in [6.07, 6.45) is 2.57. The highest BCUT2D eigenvalue weighted by Crippen LogP contribution is 2.29. The van der Waals surface area contributed by atoms with Gasteiger partial charge in [-0.3, -0.25) is 4.79 Å². The lowest BCUT2D eigenvalue weighted by molar-refractivity contribution is -0.136. The van der Waals surface area contributed by atoms with Crippen LogP contribution < -0.4 is 0 Å². The summed E-state index contributed by atoms with van der Waals surface area (Å²) in [6.45, 7) is 5.46. The molecule has 21 heavy (non-hydrogen) atoms. The molecular weight excluding hydrogens is 267 g/mol. The van der Waals surface area contributed by atoms with Crippen LogP contribution in [0.4, 0.5) is 4.39 Å². The molecule has 2 heterocycles. The van der Waals surface area contributed by atoms with E-state index in [9.17, 15) is 9.18 Å². The van der Waals surface area contributed by atoms with Gasteiger partial charge in [-0.05, 0) is 31.0 Å². The maximum Gasteiger partial charge on any atom is 0.225 e. The van der Waals surface area contributed by atoms with Crippen molar-refractivity contribution in [1.82, 2.24) is 9.88 Å². The number of halogens is 1. The fourth-order valence-electron chi connectivity index (χ4n) is 3.27. The zero-order valence-electron chi connectivity index (χ0n) is 12.6. The van der Waals surface area contributed by atoms with Gasteiger partial charge in [0.2, 0.25) is 5.91 Å². The van der Waals surface area contributed by atoms with Crippen molar-refractivity contribution < 1.29 is 9.18 Å². The predicted molar refractivity (Wildman–Crippen MR) is 81.4 cm³/mol. The summed E-state index contributed by atoms with van der Waals surface area (Å²) < 4.78 is 13.5. The molecule has 112 valence electrons. The number of aromatic amines is 1. The largest absolute Gasteiger partial charge is 0.358 e. The van der Waals surface area contributed by atoms with Crippen molar-refractivity contribution in [3.05, 3.63) is 35.3 Å². The van der Waals surface area contributed by atoms with E-state index in [0.717, 1.165) is 48.0 Å². The van der Waals surface area contributed by atoms with Crippen molar-refractivity contribution in [2.75, 3.05) is 6.54 Å². The SMILES string of the molecule is CCC(CC)C(=O)N1CCc2[nH]c3ccc(F)cc3c2C1. The Balaban J connectivity index is 1.92. The van der Waals surface area contributed by atoms with Crippen LogP contribution in [0.25, 0.3) is 10.9 Å². The van der Waals surface area contributed by atoms with E-state index in [2.05, 4.69) is 18.8 Å². The van der Waals surface area contributed by atoms with Gasteiger partial charge in [0.1, 0.15) is 5.82 Å². The monoisotopic (exact) mass is 288 g/mol. The van der Waals surface area contributed by atoms with Crippen LogP contribution in [0.1, 0.15) is 37.9 Å². The second-order valence-corrected chi connectivity index (χ2v) is 5.80. The average Bonchev–Trinajstić information content (AvgIpc) is 2.85. The number of fused-ring (bicyclic) bond motifs is 3. The normalized spacial score (nSPS) is 14.8. The van der Waals surface area contributed by atoms with Crippen LogP contribution >= 0.6 is 0 Å². The lowest BCUT2D eigenvalue weighted by Gasteiger charge is -2.30. The smallest absolute Gasteiger partial charge is 0.225 e. The molecule has 0 aliphatic carbocycles. The molecule has 0 bridgehead atoms. The van der Waals surface area contributed by atoms with E-state index in [1.807, 2.05) is 4.90 Å². The number of hydrogen-bond acceptors (Lipinski definition) is 1. The highest BCUT2D eigenvalue weighted by molar-refractivity contribution is 5.86. The number of carbonyl (C=O) groups is 1. The van der Waals surface area contributed by atoms with Gasteiger partial charge < -0.3 is 9.88 Å². The molecule has 0 radical (unpaired) electrons. The Labute approximate surface area is 124 Å². The number of rotatable bonds is 3. The quantitative estimate of drug-likeness (QED) is 0.920. The summed E-state index contributed by atoms with van der Waals surface area (Å²) in [6, 6.07) is 4.81. The van der Waals surface area contributed by atoms with Gasteiger partial charge in [-0.2, -0.15) is 0 Å². The molecule has 3 nitrogen and oxygen atoms in total. The van der Waals surface area contributed by atoms with Gasteiger partial charge in [-0.1, -0.05) is 13.8 Å². The molecule has 1 aliphatic heterocycles. The van der Waals surface area contributed by atoms with Crippen LogP contribution in [0.15, 0.2) is 18.2 Å². The second-order valence-electron chi connectivity index (χ2n) is 5.80. The summed E-state index contributed by atoms with van der Waals surface area (Å²) >= 11 is 0. The molecule has 1 aromatic heterocycles. The highest BCUT2D eigenvalue weighted by Gasteiger charge is 2.27. The summed E-state index contributed by atoms with van der Waals surface area (Å²) in [5.41, 5.74) is 3.18. The van der Waals surface area contributed by atoms with Gasteiger partial charge in [-0.25, -0.2) is 4.39 Å². The second kappa shape index (κ2) is 5.51. The Kier molecular flexibility index (Phi) is 3.70. The minimum Gasteiger partial charge on any atom is -0.358 e. The van der Waals surface area contributed by atoms with Gasteiger partial charge in [0.05, 0.1) is 0 Å². The standard InChI is InChI=1S/C17H21FN2O/c1-3-11(4-2)17(21)20-8-7-16-14(10-20)13-9-12(18)5-6-15(13)19-16/h5-6,9,11,19H,3-4,7-8,10H2,1-2H3. The Morgan fingerprint density at radius 2 is 2.14 bits per heavy atom. The summed E-state index contributed by atoms with van der Waals surface area (Å²) in [4.78, 5) is 17.8. The van der Waals surface area contributed by atoms with Gasteiger partial charge in [-0.15, -0.1) is 0 Å². The molecule has 4 heteroatoms. The molecule has 1 aromatic carbocycles. The number of nitrogens with zero attached hydrogens (tertiary/aromatic N) is 1. The third-order valence-corrected chi connectivity index (χ3v) is 4.58. The first-order valence-corrected chi connectivity index (χ1v) is 7.71. The lowest BCUT2D eigenvalue weighted by atomic mass is 9.98. The summed E-state index contributed by atoms with van der Waals surface area (Å²) in [5, 5.41) is 0.909. The molecule has 1 aliphatic rings. The van der Waals surface area contributed by atoms with E-state index < -0.39 is 0 Å². The minimum atomic E-state index is -0.229. The molecule has 2 aromatic rings. The van der Waals surface area contributed by atoms with Gasteiger partial charge in [0, 0.05) is 47.6 Å². The van der Waals surface area contributed by atoms with Crippen molar-refractivity contribution in [3.8, 4) is 0 Å². The number of hydrogen-bond donors (Lipinski definition) is 1. The number of carbonyl (C=O) groups excluding carboxylic acids is 1. The molecule has 0 saturated heterocycles. The Morgan fingerprint density at radius 1 is 1.38 bits per heavy atom. The average molecular weight is 288 g/mol. The number of nitrogens with one attached hydrogen (secondary N) is 1. The first-order chi connectivity index (χ1) is 10.1. The van der Waals surface area contributed by atoms with E-state index in [4.69, 9.17) is 0 Å². The molecule has 1 N–H and O–H groups in total. The number of benzene rings is 1. The predicted octanol–water partition coefficient (Wildman–Crippen LogP) is 3.63. The van der Waals surface area contributed by atoms with E-state index in [-0.39, 0.29) is 17.6 Å². The van der Waals surface area contributed by atoms with Crippen molar-refractivity contribution in [1.29, 1.82) is 0 Å². The summed E-state index contributed by atoms with van der Waals surface area (Å²) in [5.74, 6) is 0.109. The Morgan fingerprint density at radius 3 is 2.86 bits per heavy atom. The van der Waals surface area contributed by atoms with Crippen LogP contribution in [0.2, 0.25) is 0 Å². The molecule has 0 fully saturated rings. The highest BCUT2D eigenvalue weighted by atomic mass is 19.1. The maximum absolute atomic E-state index is 13.5. The minimum absolute atomic E-state index is 0.105. The lowest BCUT2D eigenvalue weighted by Crippen LogP contribution is -2.39. The molecule has 1 amide bonds. The fourth-order valence-corrected chi connectivity index (χ4v) is 3.27. The molecule has 0 spiro atoms. The zero-order valence-corrected chi connectivity index (χ0v) is 12.6. The molecule has 0 atom stereocenters. The molecular formula is C17H21FN2O. The van der Waals surface area contributed by atoms with Crippen LogP contribution in [0, 0.1) is 11.7 Å².